The van der Waals surface area contributed by atoms with Crippen molar-refractivity contribution in [2.75, 3.05) is 5.32 Å². The normalized spacial score (nSPS) is 11.2. The molecule has 0 aliphatic rings. The van der Waals surface area contributed by atoms with Crippen LogP contribution in [0.1, 0.15) is 11.1 Å². The van der Waals surface area contributed by atoms with Crippen LogP contribution < -0.4 is 15.6 Å². The standard InChI is InChI=1S/C27H18N6O4/c1-17-10-12-18(13-11-17)23-24(32-37-31-23)30-25(34)19(16-28)15-21-26(36-20-7-3-2-4-8-20)29-22-9-5-6-14-33(22)27(21)35/h2-15H,1H3,(H,30,32,34)/b19-15+. The van der Waals surface area contributed by atoms with Gasteiger partial charge in [0.2, 0.25) is 11.7 Å². The lowest BCUT2D eigenvalue weighted by molar-refractivity contribution is -0.112. The smallest absolute Gasteiger partial charge is 0.269 e. The molecule has 0 fully saturated rings. The molecular weight excluding hydrogens is 472 g/mol. The molecule has 0 radical (unpaired) electrons. The fraction of sp³-hybridized carbons (Fsp3) is 0.0370. The zero-order valence-electron chi connectivity index (χ0n) is 19.5. The van der Waals surface area contributed by atoms with Gasteiger partial charge in [-0.05, 0) is 47.6 Å². The molecule has 0 aliphatic heterocycles. The molecule has 1 amide bonds. The van der Waals surface area contributed by atoms with Crippen molar-refractivity contribution in [3.63, 3.8) is 0 Å². The molecule has 10 heteroatoms. The average molecular weight is 490 g/mol. The number of carbonyl (C=O) groups excluding carboxylic acids is 1. The minimum absolute atomic E-state index is 0.0316. The molecule has 5 rings (SSSR count). The third kappa shape index (κ3) is 4.82. The first-order valence-corrected chi connectivity index (χ1v) is 11.1. The molecule has 2 aromatic carbocycles. The second-order valence-electron chi connectivity index (χ2n) is 7.93. The van der Waals surface area contributed by atoms with Gasteiger partial charge in [0.1, 0.15) is 28.6 Å². The van der Waals surface area contributed by atoms with E-state index in [1.807, 2.05) is 31.2 Å². The van der Waals surface area contributed by atoms with E-state index in [9.17, 15) is 14.9 Å². The number of ether oxygens (including phenoxy) is 1. The number of amides is 1. The molecule has 3 heterocycles. The van der Waals surface area contributed by atoms with Gasteiger partial charge in [-0.2, -0.15) is 10.2 Å². The van der Waals surface area contributed by atoms with Gasteiger partial charge in [0, 0.05) is 11.8 Å². The van der Waals surface area contributed by atoms with E-state index in [4.69, 9.17) is 9.37 Å². The van der Waals surface area contributed by atoms with Gasteiger partial charge in [0.25, 0.3) is 11.5 Å². The van der Waals surface area contributed by atoms with E-state index in [0.29, 0.717) is 22.7 Å². The summed E-state index contributed by atoms with van der Waals surface area (Å²) in [5.41, 5.74) is 1.40. The van der Waals surface area contributed by atoms with Crippen LogP contribution in [0.15, 0.2) is 94.0 Å². The highest BCUT2D eigenvalue weighted by Crippen LogP contribution is 2.26. The number of aryl methyl sites for hydroxylation is 1. The first-order valence-electron chi connectivity index (χ1n) is 11.1. The Balaban J connectivity index is 1.54. The van der Waals surface area contributed by atoms with Crippen molar-refractivity contribution in [1.82, 2.24) is 19.7 Å². The molecule has 180 valence electrons. The zero-order valence-corrected chi connectivity index (χ0v) is 19.5. The summed E-state index contributed by atoms with van der Waals surface area (Å²) in [4.78, 5) is 30.8. The Hall–Kier alpha value is -5.56. The maximum atomic E-state index is 13.3. The summed E-state index contributed by atoms with van der Waals surface area (Å²) in [7, 11) is 0. The summed E-state index contributed by atoms with van der Waals surface area (Å²) < 4.78 is 12.0. The van der Waals surface area contributed by atoms with Crippen molar-refractivity contribution in [3.05, 3.63) is 106 Å². The lowest BCUT2D eigenvalue weighted by atomic mass is 10.1. The van der Waals surface area contributed by atoms with Crippen LogP contribution in [0.4, 0.5) is 5.82 Å². The molecule has 0 spiro atoms. The summed E-state index contributed by atoms with van der Waals surface area (Å²) in [5, 5.41) is 19.9. The van der Waals surface area contributed by atoms with Crippen molar-refractivity contribution >= 4 is 23.4 Å². The summed E-state index contributed by atoms with van der Waals surface area (Å²) in [6.07, 6.45) is 2.68. The summed E-state index contributed by atoms with van der Waals surface area (Å²) in [6.45, 7) is 1.94. The molecule has 1 N–H and O–H groups in total. The molecule has 0 bridgehead atoms. The largest absolute Gasteiger partial charge is 0.438 e. The van der Waals surface area contributed by atoms with Crippen LogP contribution in [0.25, 0.3) is 23.0 Å². The Morgan fingerprint density at radius 3 is 2.57 bits per heavy atom. The van der Waals surface area contributed by atoms with Crippen LogP contribution in [0.5, 0.6) is 11.6 Å². The lowest BCUT2D eigenvalue weighted by Gasteiger charge is -2.10. The number of carbonyl (C=O) groups is 1. The average Bonchev–Trinajstić information content (AvgIpc) is 3.37. The number of nitriles is 1. The SMILES string of the molecule is Cc1ccc(-c2nonc2NC(=O)/C(C#N)=C/c2c(Oc3ccccc3)nc3ccccn3c2=O)cc1. The van der Waals surface area contributed by atoms with Crippen molar-refractivity contribution in [2.24, 2.45) is 0 Å². The van der Waals surface area contributed by atoms with E-state index >= 15 is 0 Å². The van der Waals surface area contributed by atoms with Crippen LogP contribution in [-0.2, 0) is 4.79 Å². The summed E-state index contributed by atoms with van der Waals surface area (Å²) >= 11 is 0. The highest BCUT2D eigenvalue weighted by molar-refractivity contribution is 6.10. The van der Waals surface area contributed by atoms with Crippen LogP contribution >= 0.6 is 0 Å². The number of pyridine rings is 1. The maximum Gasteiger partial charge on any atom is 0.269 e. The van der Waals surface area contributed by atoms with Crippen LogP contribution in [0.3, 0.4) is 0 Å². The van der Waals surface area contributed by atoms with Crippen LogP contribution in [-0.4, -0.2) is 25.6 Å². The van der Waals surface area contributed by atoms with Gasteiger partial charge >= 0.3 is 0 Å². The molecule has 37 heavy (non-hydrogen) atoms. The number of hydrogen-bond acceptors (Lipinski definition) is 8. The number of nitrogens with zero attached hydrogens (tertiary/aromatic N) is 5. The molecule has 0 saturated carbocycles. The van der Waals surface area contributed by atoms with E-state index in [1.54, 1.807) is 54.6 Å². The van der Waals surface area contributed by atoms with Crippen LogP contribution in [0.2, 0.25) is 0 Å². The summed E-state index contributed by atoms with van der Waals surface area (Å²) in [6, 6.07) is 23.0. The Morgan fingerprint density at radius 2 is 1.81 bits per heavy atom. The Morgan fingerprint density at radius 1 is 1.05 bits per heavy atom. The number of rotatable bonds is 6. The van der Waals surface area contributed by atoms with Gasteiger partial charge in [-0.25, -0.2) is 4.63 Å². The van der Waals surface area contributed by atoms with Crippen molar-refractivity contribution in [1.29, 1.82) is 5.26 Å². The Bertz CT molecular complexity index is 1730. The fourth-order valence-electron chi connectivity index (χ4n) is 3.52. The molecular formula is C27H18N6O4. The number of para-hydroxylation sites is 1. The Labute approximate surface area is 210 Å². The molecule has 0 atom stereocenters. The predicted octanol–water partition coefficient (Wildman–Crippen LogP) is 4.39. The molecule has 0 saturated heterocycles. The molecule has 10 nitrogen and oxygen atoms in total. The molecule has 3 aromatic heterocycles. The Kier molecular flexibility index (Phi) is 6.25. The van der Waals surface area contributed by atoms with Gasteiger partial charge in [-0.15, -0.1) is 0 Å². The zero-order chi connectivity index (χ0) is 25.8. The monoisotopic (exact) mass is 490 g/mol. The lowest BCUT2D eigenvalue weighted by Crippen LogP contribution is -2.20. The van der Waals surface area contributed by atoms with Gasteiger partial charge in [0.15, 0.2) is 5.69 Å². The quantitative estimate of drug-likeness (QED) is 0.273. The second kappa shape index (κ2) is 9.97. The number of fused-ring (bicyclic) bond motifs is 1. The van der Waals surface area contributed by atoms with E-state index in [-0.39, 0.29) is 22.8 Å². The van der Waals surface area contributed by atoms with Gasteiger partial charge < -0.3 is 10.1 Å². The third-order valence-electron chi connectivity index (χ3n) is 5.39. The molecule has 0 unspecified atom stereocenters. The van der Waals surface area contributed by atoms with Crippen molar-refractivity contribution in [2.45, 2.75) is 6.92 Å². The minimum Gasteiger partial charge on any atom is -0.438 e. The van der Waals surface area contributed by atoms with Gasteiger partial charge in [0.05, 0.1) is 0 Å². The predicted molar refractivity (Wildman–Crippen MR) is 135 cm³/mol. The van der Waals surface area contributed by atoms with E-state index in [1.165, 1.54) is 10.6 Å². The summed E-state index contributed by atoms with van der Waals surface area (Å²) in [5.74, 6) is -0.394. The number of aromatic nitrogens is 4. The topological polar surface area (TPSA) is 135 Å². The maximum absolute atomic E-state index is 13.3. The first kappa shape index (κ1) is 23.2. The van der Waals surface area contributed by atoms with Crippen molar-refractivity contribution in [3.8, 4) is 29.0 Å². The number of anilines is 1. The van der Waals surface area contributed by atoms with Gasteiger partial charge in [-0.3, -0.25) is 14.0 Å². The van der Waals surface area contributed by atoms with E-state index < -0.39 is 11.5 Å². The molecule has 0 aliphatic carbocycles. The highest BCUT2D eigenvalue weighted by atomic mass is 16.6. The fourth-order valence-corrected chi connectivity index (χ4v) is 3.52. The number of benzene rings is 2. The molecule has 5 aromatic rings. The second-order valence-corrected chi connectivity index (χ2v) is 7.93. The van der Waals surface area contributed by atoms with E-state index in [0.717, 1.165) is 11.6 Å². The first-order chi connectivity index (χ1) is 18.0. The highest BCUT2D eigenvalue weighted by Gasteiger charge is 2.20. The van der Waals surface area contributed by atoms with Gasteiger partial charge in [-0.1, -0.05) is 54.1 Å². The van der Waals surface area contributed by atoms with Crippen molar-refractivity contribution < 1.29 is 14.2 Å². The third-order valence-corrected chi connectivity index (χ3v) is 5.39. The van der Waals surface area contributed by atoms with Crippen LogP contribution in [0, 0.1) is 18.3 Å². The number of hydrogen-bond donors (Lipinski definition) is 1. The number of nitrogens with one attached hydrogen (secondary N) is 1. The van der Waals surface area contributed by atoms with E-state index in [2.05, 4.69) is 20.6 Å². The minimum atomic E-state index is -0.810.